The maximum atomic E-state index is 6.62. The second-order valence-corrected chi connectivity index (χ2v) is 6.93. The minimum Gasteiger partial charge on any atom is -0.319 e. The molecule has 0 amide bonds. The lowest BCUT2D eigenvalue weighted by atomic mass is 9.72. The third kappa shape index (κ3) is 2.41. The van der Waals surface area contributed by atoms with E-state index in [0.29, 0.717) is 5.92 Å². The topological polar surface area (TPSA) is 38.9 Å². The van der Waals surface area contributed by atoms with E-state index >= 15 is 0 Å². The van der Waals surface area contributed by atoms with E-state index in [4.69, 9.17) is 10.7 Å². The van der Waals surface area contributed by atoms with Crippen LogP contribution < -0.4 is 5.73 Å². The summed E-state index contributed by atoms with van der Waals surface area (Å²) in [6.07, 6.45) is 4.43. The van der Waals surface area contributed by atoms with Crippen molar-refractivity contribution in [2.45, 2.75) is 58.9 Å². The molecule has 1 aliphatic carbocycles. The Morgan fingerprint density at radius 3 is 2.65 bits per heavy atom. The van der Waals surface area contributed by atoms with Crippen molar-refractivity contribution in [2.75, 3.05) is 0 Å². The van der Waals surface area contributed by atoms with Crippen molar-refractivity contribution in [1.29, 1.82) is 0 Å². The van der Waals surface area contributed by atoms with Crippen molar-refractivity contribution in [3.05, 3.63) is 15.6 Å². The maximum Gasteiger partial charge on any atom is 0.113 e. The Hall–Kier alpha value is -0.410. The van der Waals surface area contributed by atoms with Gasteiger partial charge in [-0.05, 0) is 44.4 Å². The molecule has 0 bridgehead atoms. The summed E-state index contributed by atoms with van der Waals surface area (Å²) in [6, 6.07) is 0. The lowest BCUT2D eigenvalue weighted by Crippen LogP contribution is -2.43. The summed E-state index contributed by atoms with van der Waals surface area (Å²) < 4.78 is 0. The van der Waals surface area contributed by atoms with Gasteiger partial charge in [-0.15, -0.1) is 11.3 Å². The minimum absolute atomic E-state index is 0.158. The van der Waals surface area contributed by atoms with Gasteiger partial charge in [0.25, 0.3) is 0 Å². The Balaban J connectivity index is 2.25. The number of hydrogen-bond acceptors (Lipinski definition) is 3. The van der Waals surface area contributed by atoms with Crippen molar-refractivity contribution in [1.82, 2.24) is 4.98 Å². The molecular weight excluding hydrogens is 228 g/mol. The van der Waals surface area contributed by atoms with Gasteiger partial charge in [-0.25, -0.2) is 4.98 Å². The van der Waals surface area contributed by atoms with Crippen molar-refractivity contribution < 1.29 is 0 Å². The van der Waals surface area contributed by atoms with Crippen LogP contribution in [0.3, 0.4) is 0 Å². The second-order valence-electron chi connectivity index (χ2n) is 5.73. The molecule has 2 N–H and O–H groups in total. The van der Waals surface area contributed by atoms with Crippen LogP contribution in [0.2, 0.25) is 0 Å². The van der Waals surface area contributed by atoms with Crippen LogP contribution in [0, 0.1) is 18.8 Å². The van der Waals surface area contributed by atoms with Crippen LogP contribution in [-0.2, 0) is 12.0 Å². The van der Waals surface area contributed by atoms with Gasteiger partial charge < -0.3 is 5.73 Å². The first-order valence-electron chi connectivity index (χ1n) is 6.72. The van der Waals surface area contributed by atoms with Gasteiger partial charge in [-0.3, -0.25) is 0 Å². The number of nitrogens with two attached hydrogens (primary N) is 1. The Morgan fingerprint density at radius 1 is 1.41 bits per heavy atom. The third-order valence-corrected chi connectivity index (χ3v) is 5.59. The van der Waals surface area contributed by atoms with Crippen molar-refractivity contribution in [2.24, 2.45) is 17.6 Å². The van der Waals surface area contributed by atoms with Crippen molar-refractivity contribution in [3.63, 3.8) is 0 Å². The number of aromatic nitrogens is 1. The average Bonchev–Trinajstić information content (AvgIpc) is 2.66. The number of rotatable bonds is 2. The van der Waals surface area contributed by atoms with Crippen LogP contribution in [0.4, 0.5) is 0 Å². The first-order valence-corrected chi connectivity index (χ1v) is 7.53. The molecule has 3 atom stereocenters. The van der Waals surface area contributed by atoms with E-state index in [-0.39, 0.29) is 5.54 Å². The van der Waals surface area contributed by atoms with Crippen LogP contribution in [-0.4, -0.2) is 4.98 Å². The normalized spacial score (nSPS) is 33.9. The van der Waals surface area contributed by atoms with E-state index < -0.39 is 0 Å². The zero-order valence-electron chi connectivity index (χ0n) is 11.4. The number of thiazole rings is 1. The Labute approximate surface area is 109 Å². The monoisotopic (exact) mass is 252 g/mol. The summed E-state index contributed by atoms with van der Waals surface area (Å²) in [5, 5.41) is 1.17. The molecular formula is C14H24N2S. The smallest absolute Gasteiger partial charge is 0.113 e. The fourth-order valence-corrected chi connectivity index (χ4v) is 3.95. The molecule has 0 spiro atoms. The SMILES string of the molecule is CCc1nc(C2(N)CCC(C)C(C)C2)sc1C. The van der Waals surface area contributed by atoms with E-state index in [9.17, 15) is 0 Å². The molecule has 17 heavy (non-hydrogen) atoms. The minimum atomic E-state index is -0.158. The van der Waals surface area contributed by atoms with Crippen LogP contribution in [0.25, 0.3) is 0 Å². The molecule has 0 radical (unpaired) electrons. The molecule has 1 aliphatic rings. The summed E-state index contributed by atoms with van der Waals surface area (Å²) in [4.78, 5) is 6.12. The quantitative estimate of drug-likeness (QED) is 0.873. The standard InChI is InChI=1S/C14H24N2S/c1-5-12-11(4)17-13(16-12)14(15)7-6-9(2)10(3)8-14/h9-10H,5-8,15H2,1-4H3. The summed E-state index contributed by atoms with van der Waals surface area (Å²) in [7, 11) is 0. The molecule has 1 fully saturated rings. The predicted molar refractivity (Wildman–Crippen MR) is 74.3 cm³/mol. The summed E-state index contributed by atoms with van der Waals surface area (Å²) in [5.74, 6) is 1.52. The van der Waals surface area contributed by atoms with Gasteiger partial charge in [0.1, 0.15) is 5.01 Å². The number of nitrogens with zero attached hydrogens (tertiary/aromatic N) is 1. The van der Waals surface area contributed by atoms with Gasteiger partial charge in [-0.1, -0.05) is 20.8 Å². The predicted octanol–water partition coefficient (Wildman–Crippen LogP) is 3.62. The third-order valence-electron chi connectivity index (χ3n) is 4.36. The van der Waals surface area contributed by atoms with Gasteiger partial charge in [0.15, 0.2) is 0 Å². The van der Waals surface area contributed by atoms with Crippen molar-refractivity contribution in [3.8, 4) is 0 Å². The van der Waals surface area contributed by atoms with Gasteiger partial charge in [0, 0.05) is 4.88 Å². The van der Waals surface area contributed by atoms with Crippen LogP contribution in [0.5, 0.6) is 0 Å². The second kappa shape index (κ2) is 4.69. The lowest BCUT2D eigenvalue weighted by Gasteiger charge is -2.38. The number of aryl methyl sites for hydroxylation is 2. The molecule has 2 nitrogen and oxygen atoms in total. The molecule has 0 aliphatic heterocycles. The van der Waals surface area contributed by atoms with E-state index in [1.807, 2.05) is 11.3 Å². The first kappa shape index (κ1) is 13.0. The van der Waals surface area contributed by atoms with Gasteiger partial charge >= 0.3 is 0 Å². The average molecular weight is 252 g/mol. The zero-order valence-corrected chi connectivity index (χ0v) is 12.2. The first-order chi connectivity index (χ1) is 7.96. The van der Waals surface area contributed by atoms with Crippen LogP contribution in [0.1, 0.15) is 55.6 Å². The molecule has 3 unspecified atom stereocenters. The van der Waals surface area contributed by atoms with E-state index in [1.54, 1.807) is 0 Å². The molecule has 96 valence electrons. The molecule has 3 heteroatoms. The Morgan fingerprint density at radius 2 is 2.12 bits per heavy atom. The number of hydrogen-bond donors (Lipinski definition) is 1. The van der Waals surface area contributed by atoms with Crippen molar-refractivity contribution >= 4 is 11.3 Å². The van der Waals surface area contributed by atoms with Gasteiger partial charge in [0.2, 0.25) is 0 Å². The summed E-state index contributed by atoms with van der Waals surface area (Å²) in [5.41, 5.74) is 7.70. The van der Waals surface area contributed by atoms with Crippen LogP contribution in [0.15, 0.2) is 0 Å². The molecule has 1 heterocycles. The molecule has 1 aromatic rings. The molecule has 2 rings (SSSR count). The highest BCUT2D eigenvalue weighted by atomic mass is 32.1. The van der Waals surface area contributed by atoms with Gasteiger partial charge in [0.05, 0.1) is 11.2 Å². The largest absolute Gasteiger partial charge is 0.319 e. The molecule has 1 saturated carbocycles. The summed E-state index contributed by atoms with van der Waals surface area (Å²) in [6.45, 7) is 9.00. The van der Waals surface area contributed by atoms with E-state index in [2.05, 4.69) is 27.7 Å². The van der Waals surface area contributed by atoms with Gasteiger partial charge in [-0.2, -0.15) is 0 Å². The van der Waals surface area contributed by atoms with Crippen LogP contribution >= 0.6 is 11.3 Å². The fourth-order valence-electron chi connectivity index (χ4n) is 2.81. The maximum absolute atomic E-state index is 6.62. The highest BCUT2D eigenvalue weighted by Gasteiger charge is 2.38. The molecule has 0 saturated heterocycles. The molecule has 0 aromatic carbocycles. The lowest BCUT2D eigenvalue weighted by molar-refractivity contribution is 0.176. The highest BCUT2D eigenvalue weighted by Crippen LogP contribution is 2.42. The fraction of sp³-hybridized carbons (Fsp3) is 0.786. The van der Waals surface area contributed by atoms with E-state index in [1.165, 1.54) is 22.0 Å². The molecule has 1 aromatic heterocycles. The summed E-state index contributed by atoms with van der Waals surface area (Å²) >= 11 is 1.81. The Bertz CT molecular complexity index is 399. The van der Waals surface area contributed by atoms with E-state index in [0.717, 1.165) is 25.2 Å². The Kier molecular flexibility index (Phi) is 3.60. The highest BCUT2D eigenvalue weighted by molar-refractivity contribution is 7.11. The zero-order chi connectivity index (χ0) is 12.6.